The molecule has 0 atom stereocenters. The molecule has 0 unspecified atom stereocenters. The van der Waals surface area contributed by atoms with E-state index >= 15 is 0 Å². The van der Waals surface area contributed by atoms with Crippen LogP contribution in [-0.2, 0) is 17.9 Å². The summed E-state index contributed by atoms with van der Waals surface area (Å²) in [5.74, 6) is 0.428. The highest BCUT2D eigenvalue weighted by Gasteiger charge is 2.52. The van der Waals surface area contributed by atoms with Crippen molar-refractivity contribution < 1.29 is 9.59 Å². The summed E-state index contributed by atoms with van der Waals surface area (Å²) in [5, 5.41) is 14.4. The van der Waals surface area contributed by atoms with Crippen molar-refractivity contribution in [3.8, 4) is 0 Å². The average molecular weight is 292 g/mol. The zero-order chi connectivity index (χ0) is 14.9. The molecule has 8 nitrogen and oxygen atoms in total. The number of urea groups is 1. The quantitative estimate of drug-likeness (QED) is 0.812. The Labute approximate surface area is 122 Å². The number of rotatable bonds is 5. The Morgan fingerprint density at radius 2 is 2.05 bits per heavy atom. The van der Waals surface area contributed by atoms with Crippen LogP contribution in [0.2, 0.25) is 0 Å². The molecule has 2 aliphatic rings. The van der Waals surface area contributed by atoms with Crippen molar-refractivity contribution in [3.63, 3.8) is 0 Å². The van der Waals surface area contributed by atoms with Gasteiger partial charge in [-0.1, -0.05) is 26.2 Å². The number of hydrogen-bond acceptors (Lipinski definition) is 5. The number of aryl methyl sites for hydroxylation is 1. The lowest BCUT2D eigenvalue weighted by Crippen LogP contribution is -2.44. The molecule has 1 N–H and O–H groups in total. The summed E-state index contributed by atoms with van der Waals surface area (Å²) < 4.78 is 1.67. The Balaban J connectivity index is 1.74. The van der Waals surface area contributed by atoms with Gasteiger partial charge in [-0.3, -0.25) is 9.69 Å². The molecule has 1 aliphatic carbocycles. The van der Waals surface area contributed by atoms with Gasteiger partial charge >= 0.3 is 6.03 Å². The van der Waals surface area contributed by atoms with Crippen LogP contribution in [0.25, 0.3) is 0 Å². The lowest BCUT2D eigenvalue weighted by molar-refractivity contribution is -0.131. The summed E-state index contributed by atoms with van der Waals surface area (Å²) in [5.41, 5.74) is -0.668. The summed E-state index contributed by atoms with van der Waals surface area (Å²) in [6.45, 7) is 2.93. The molecular formula is C13H20N6O2. The highest BCUT2D eigenvalue weighted by Crippen LogP contribution is 2.35. The number of carbonyl (C=O) groups is 2. The highest BCUT2D eigenvalue weighted by molar-refractivity contribution is 6.07. The molecule has 1 saturated carbocycles. The minimum Gasteiger partial charge on any atom is -0.323 e. The van der Waals surface area contributed by atoms with E-state index in [0.29, 0.717) is 12.4 Å². The van der Waals surface area contributed by atoms with E-state index in [-0.39, 0.29) is 18.5 Å². The van der Waals surface area contributed by atoms with Crippen LogP contribution >= 0.6 is 0 Å². The molecule has 1 aliphatic heterocycles. The van der Waals surface area contributed by atoms with Crippen LogP contribution in [0.4, 0.5) is 4.79 Å². The van der Waals surface area contributed by atoms with E-state index in [1.54, 1.807) is 4.68 Å². The molecule has 21 heavy (non-hydrogen) atoms. The number of amides is 3. The van der Waals surface area contributed by atoms with Gasteiger partial charge in [0.1, 0.15) is 5.54 Å². The number of aromatic nitrogens is 4. The first-order chi connectivity index (χ1) is 10.2. The van der Waals surface area contributed by atoms with Gasteiger partial charge in [-0.25, -0.2) is 9.48 Å². The van der Waals surface area contributed by atoms with Gasteiger partial charge < -0.3 is 5.32 Å². The molecule has 3 amide bonds. The Morgan fingerprint density at radius 1 is 1.29 bits per heavy atom. The zero-order valence-electron chi connectivity index (χ0n) is 12.2. The van der Waals surface area contributed by atoms with Gasteiger partial charge in [0.2, 0.25) is 0 Å². The molecule has 1 aromatic heterocycles. The minimum atomic E-state index is -0.668. The van der Waals surface area contributed by atoms with Gasteiger partial charge in [-0.05, 0) is 29.7 Å². The van der Waals surface area contributed by atoms with Gasteiger partial charge in [0, 0.05) is 6.54 Å². The van der Waals surface area contributed by atoms with Crippen LogP contribution in [0.15, 0.2) is 0 Å². The molecule has 1 saturated heterocycles. The molecule has 2 heterocycles. The van der Waals surface area contributed by atoms with E-state index in [4.69, 9.17) is 0 Å². The third-order valence-electron chi connectivity index (χ3n) is 4.33. The van der Waals surface area contributed by atoms with E-state index in [1.165, 1.54) is 4.90 Å². The van der Waals surface area contributed by atoms with Crippen molar-refractivity contribution in [2.24, 2.45) is 0 Å². The number of imide groups is 1. The van der Waals surface area contributed by atoms with E-state index in [2.05, 4.69) is 27.8 Å². The van der Waals surface area contributed by atoms with Gasteiger partial charge in [0.05, 0.1) is 6.54 Å². The maximum Gasteiger partial charge on any atom is 0.325 e. The predicted molar refractivity (Wildman–Crippen MR) is 73.0 cm³/mol. The second-order valence-corrected chi connectivity index (χ2v) is 5.78. The first kappa shape index (κ1) is 14.0. The molecule has 3 rings (SSSR count). The second kappa shape index (κ2) is 5.42. The largest absolute Gasteiger partial charge is 0.325 e. The Bertz CT molecular complexity index is 549. The minimum absolute atomic E-state index is 0.130. The first-order valence-corrected chi connectivity index (χ1v) is 7.55. The fourth-order valence-electron chi connectivity index (χ4n) is 3.10. The monoisotopic (exact) mass is 292 g/mol. The van der Waals surface area contributed by atoms with Crippen molar-refractivity contribution >= 4 is 11.9 Å². The van der Waals surface area contributed by atoms with E-state index in [1.807, 2.05) is 0 Å². The summed E-state index contributed by atoms with van der Waals surface area (Å²) in [7, 11) is 0. The standard InChI is InChI=1S/C13H20N6O2/c1-2-3-8-19-10(15-16-17-19)9-18-11(20)13(14-12(18)21)6-4-5-7-13/h2-9H2,1H3,(H,14,21). The molecule has 114 valence electrons. The van der Waals surface area contributed by atoms with E-state index in [0.717, 1.165) is 38.5 Å². The third-order valence-corrected chi connectivity index (χ3v) is 4.33. The lowest BCUT2D eigenvalue weighted by Gasteiger charge is -2.19. The summed E-state index contributed by atoms with van der Waals surface area (Å²) in [4.78, 5) is 25.9. The van der Waals surface area contributed by atoms with Gasteiger partial charge in [-0.2, -0.15) is 0 Å². The summed E-state index contributed by atoms with van der Waals surface area (Å²) in [6.07, 6.45) is 5.42. The number of hydrogen-bond donors (Lipinski definition) is 1. The third kappa shape index (κ3) is 2.38. The van der Waals surface area contributed by atoms with Crippen LogP contribution in [-0.4, -0.2) is 42.6 Å². The molecule has 0 radical (unpaired) electrons. The normalized spacial score (nSPS) is 20.5. The molecule has 1 aromatic rings. The Hall–Kier alpha value is -1.99. The average Bonchev–Trinajstić information content (AvgIpc) is 3.15. The fourth-order valence-corrected chi connectivity index (χ4v) is 3.10. The SMILES string of the molecule is CCCCn1nnnc1CN1C(=O)NC2(CCCC2)C1=O. The molecular weight excluding hydrogens is 272 g/mol. The summed E-state index contributed by atoms with van der Waals surface area (Å²) >= 11 is 0. The Morgan fingerprint density at radius 3 is 2.76 bits per heavy atom. The molecule has 0 aromatic carbocycles. The maximum absolute atomic E-state index is 12.6. The number of nitrogens with one attached hydrogen (secondary N) is 1. The zero-order valence-corrected chi connectivity index (χ0v) is 12.2. The van der Waals surface area contributed by atoms with Crippen molar-refractivity contribution in [2.45, 2.75) is 64.1 Å². The van der Waals surface area contributed by atoms with Gasteiger partial charge in [0.25, 0.3) is 5.91 Å². The molecule has 2 fully saturated rings. The first-order valence-electron chi connectivity index (χ1n) is 7.55. The maximum atomic E-state index is 12.6. The fraction of sp³-hybridized carbons (Fsp3) is 0.769. The second-order valence-electron chi connectivity index (χ2n) is 5.78. The highest BCUT2D eigenvalue weighted by atomic mass is 16.2. The van der Waals surface area contributed by atoms with Gasteiger partial charge in [-0.15, -0.1) is 5.10 Å². The smallest absolute Gasteiger partial charge is 0.323 e. The molecule has 0 bridgehead atoms. The molecule has 1 spiro atoms. The van der Waals surface area contributed by atoms with Crippen molar-refractivity contribution in [3.05, 3.63) is 5.82 Å². The number of tetrazole rings is 1. The molecule has 8 heteroatoms. The van der Waals surface area contributed by atoms with Crippen LogP contribution in [0, 0.1) is 0 Å². The van der Waals surface area contributed by atoms with E-state index < -0.39 is 5.54 Å². The predicted octanol–water partition coefficient (Wildman–Crippen LogP) is 0.838. The van der Waals surface area contributed by atoms with Crippen LogP contribution in [0.1, 0.15) is 51.3 Å². The lowest BCUT2D eigenvalue weighted by atomic mass is 9.98. The van der Waals surface area contributed by atoms with Crippen molar-refractivity contribution in [1.82, 2.24) is 30.4 Å². The van der Waals surface area contributed by atoms with Crippen LogP contribution in [0.5, 0.6) is 0 Å². The van der Waals surface area contributed by atoms with Crippen LogP contribution in [0.3, 0.4) is 0 Å². The van der Waals surface area contributed by atoms with Crippen LogP contribution < -0.4 is 5.32 Å². The Kier molecular flexibility index (Phi) is 3.60. The topological polar surface area (TPSA) is 93.0 Å². The number of unbranched alkanes of at least 4 members (excludes halogenated alkanes) is 1. The van der Waals surface area contributed by atoms with Crippen molar-refractivity contribution in [2.75, 3.05) is 0 Å². The summed E-state index contributed by atoms with van der Waals surface area (Å²) in [6, 6.07) is -0.327. The van der Waals surface area contributed by atoms with Crippen molar-refractivity contribution in [1.29, 1.82) is 0 Å². The van der Waals surface area contributed by atoms with E-state index in [9.17, 15) is 9.59 Å². The number of nitrogens with zero attached hydrogens (tertiary/aromatic N) is 5. The number of carbonyl (C=O) groups excluding carboxylic acids is 2. The van der Waals surface area contributed by atoms with Gasteiger partial charge in [0.15, 0.2) is 5.82 Å².